The van der Waals surface area contributed by atoms with E-state index < -0.39 is 5.82 Å². The lowest BCUT2D eigenvalue weighted by atomic mass is 9.99. The van der Waals surface area contributed by atoms with Gasteiger partial charge in [0.15, 0.2) is 17.3 Å². The fourth-order valence-corrected chi connectivity index (χ4v) is 1.94. The number of hydrogen-bond acceptors (Lipinski definition) is 2. The van der Waals surface area contributed by atoms with E-state index in [1.165, 1.54) is 37.4 Å². The van der Waals surface area contributed by atoms with E-state index in [1.54, 1.807) is 6.07 Å². The minimum Gasteiger partial charge on any atom is -0.494 e. The number of rotatable bonds is 4. The average Bonchev–Trinajstić information content (AvgIpc) is 2.43. The van der Waals surface area contributed by atoms with Crippen LogP contribution in [0.2, 0.25) is 0 Å². The fourth-order valence-electron chi connectivity index (χ4n) is 1.94. The number of halogens is 2. The molecule has 0 bridgehead atoms. The average molecular weight is 276 g/mol. The van der Waals surface area contributed by atoms with Crippen LogP contribution in [0, 0.1) is 18.6 Å². The van der Waals surface area contributed by atoms with Gasteiger partial charge < -0.3 is 4.74 Å². The smallest absolute Gasteiger partial charge is 0.167 e. The Hall–Kier alpha value is -2.23. The molecule has 0 saturated carbocycles. The van der Waals surface area contributed by atoms with Crippen molar-refractivity contribution in [2.24, 2.45) is 0 Å². The summed E-state index contributed by atoms with van der Waals surface area (Å²) in [6.07, 6.45) is 0.0678. The van der Waals surface area contributed by atoms with Crippen molar-refractivity contribution in [1.29, 1.82) is 0 Å². The van der Waals surface area contributed by atoms with Gasteiger partial charge in [0, 0.05) is 12.0 Å². The first kappa shape index (κ1) is 14.2. The Morgan fingerprint density at radius 1 is 1.15 bits per heavy atom. The second-order valence-corrected chi connectivity index (χ2v) is 4.52. The van der Waals surface area contributed by atoms with Crippen LogP contribution in [-0.2, 0) is 6.42 Å². The normalized spacial score (nSPS) is 10.4. The molecule has 104 valence electrons. The SMILES string of the molecule is COc1cc(C(=O)Cc2cc(F)ccc2C)ccc1F. The van der Waals surface area contributed by atoms with Crippen LogP contribution >= 0.6 is 0 Å². The zero-order valence-electron chi connectivity index (χ0n) is 11.2. The number of Topliss-reactive ketones (excluding diaryl/α,β-unsaturated/α-hetero) is 1. The highest BCUT2D eigenvalue weighted by molar-refractivity contribution is 5.98. The van der Waals surface area contributed by atoms with E-state index in [4.69, 9.17) is 4.74 Å². The molecule has 0 aliphatic carbocycles. The summed E-state index contributed by atoms with van der Waals surface area (Å²) >= 11 is 0. The lowest BCUT2D eigenvalue weighted by Crippen LogP contribution is -2.06. The zero-order chi connectivity index (χ0) is 14.7. The van der Waals surface area contributed by atoms with Gasteiger partial charge in [0.2, 0.25) is 0 Å². The van der Waals surface area contributed by atoms with Crippen molar-refractivity contribution in [3.8, 4) is 5.75 Å². The molecule has 0 aliphatic rings. The van der Waals surface area contributed by atoms with Crippen LogP contribution in [0.25, 0.3) is 0 Å². The molecule has 2 nitrogen and oxygen atoms in total. The van der Waals surface area contributed by atoms with Gasteiger partial charge in [-0.25, -0.2) is 8.78 Å². The molecule has 0 spiro atoms. The van der Waals surface area contributed by atoms with Crippen molar-refractivity contribution in [3.63, 3.8) is 0 Å². The minimum atomic E-state index is -0.522. The Labute approximate surface area is 116 Å². The van der Waals surface area contributed by atoms with Gasteiger partial charge in [0.05, 0.1) is 7.11 Å². The molecular formula is C16H14F2O2. The van der Waals surface area contributed by atoms with Gasteiger partial charge >= 0.3 is 0 Å². The lowest BCUT2D eigenvalue weighted by Gasteiger charge is -2.07. The topological polar surface area (TPSA) is 26.3 Å². The fraction of sp³-hybridized carbons (Fsp3) is 0.188. The molecule has 0 heterocycles. The number of ether oxygens (including phenoxy) is 1. The van der Waals surface area contributed by atoms with Crippen molar-refractivity contribution in [3.05, 3.63) is 64.7 Å². The van der Waals surface area contributed by atoms with E-state index in [0.29, 0.717) is 11.1 Å². The Kier molecular flexibility index (Phi) is 4.13. The second kappa shape index (κ2) is 5.82. The summed E-state index contributed by atoms with van der Waals surface area (Å²) in [6.45, 7) is 1.81. The summed E-state index contributed by atoms with van der Waals surface area (Å²) in [7, 11) is 1.34. The quantitative estimate of drug-likeness (QED) is 0.796. The zero-order valence-corrected chi connectivity index (χ0v) is 11.2. The summed E-state index contributed by atoms with van der Waals surface area (Å²) in [5, 5.41) is 0. The van der Waals surface area contributed by atoms with Crippen LogP contribution in [0.3, 0.4) is 0 Å². The van der Waals surface area contributed by atoms with E-state index >= 15 is 0 Å². The molecule has 4 heteroatoms. The van der Waals surface area contributed by atoms with Crippen molar-refractivity contribution < 1.29 is 18.3 Å². The molecule has 0 unspecified atom stereocenters. The number of carbonyl (C=O) groups is 1. The number of carbonyl (C=O) groups excluding carboxylic acids is 1. The van der Waals surface area contributed by atoms with Crippen LogP contribution in [-0.4, -0.2) is 12.9 Å². The van der Waals surface area contributed by atoms with Crippen molar-refractivity contribution in [1.82, 2.24) is 0 Å². The third kappa shape index (κ3) is 3.02. The Morgan fingerprint density at radius 3 is 2.60 bits per heavy atom. The van der Waals surface area contributed by atoms with E-state index in [2.05, 4.69) is 0 Å². The number of benzene rings is 2. The first-order valence-electron chi connectivity index (χ1n) is 6.13. The maximum Gasteiger partial charge on any atom is 0.167 e. The highest BCUT2D eigenvalue weighted by atomic mass is 19.1. The molecule has 0 saturated heterocycles. The van der Waals surface area contributed by atoms with Gasteiger partial charge in [-0.2, -0.15) is 0 Å². The maximum absolute atomic E-state index is 13.3. The summed E-state index contributed by atoms with van der Waals surface area (Å²) in [4.78, 5) is 12.2. The van der Waals surface area contributed by atoms with Crippen LogP contribution in [0.4, 0.5) is 8.78 Å². The molecule has 2 aromatic rings. The van der Waals surface area contributed by atoms with E-state index in [1.807, 2.05) is 6.92 Å². The number of ketones is 1. The Balaban J connectivity index is 2.26. The molecule has 0 N–H and O–H groups in total. The Bertz CT molecular complexity index is 651. The first-order valence-corrected chi connectivity index (χ1v) is 6.13. The number of aryl methyl sites for hydroxylation is 1. The third-order valence-electron chi connectivity index (χ3n) is 3.14. The highest BCUT2D eigenvalue weighted by Crippen LogP contribution is 2.20. The lowest BCUT2D eigenvalue weighted by molar-refractivity contribution is 0.0992. The maximum atomic E-state index is 13.3. The molecule has 0 fully saturated rings. The monoisotopic (exact) mass is 276 g/mol. The van der Waals surface area contributed by atoms with Crippen molar-refractivity contribution in [2.75, 3.05) is 7.11 Å². The van der Waals surface area contributed by atoms with E-state index in [0.717, 1.165) is 5.56 Å². The van der Waals surface area contributed by atoms with Gasteiger partial charge in [0.25, 0.3) is 0 Å². The molecule has 2 aromatic carbocycles. The van der Waals surface area contributed by atoms with Gasteiger partial charge in [-0.1, -0.05) is 6.07 Å². The molecule has 0 radical (unpaired) electrons. The molecule has 20 heavy (non-hydrogen) atoms. The molecule has 0 atom stereocenters. The van der Waals surface area contributed by atoms with E-state index in [-0.39, 0.29) is 23.8 Å². The molecule has 0 aliphatic heterocycles. The summed E-state index contributed by atoms with van der Waals surface area (Å²) in [6, 6.07) is 8.26. The molecule has 0 aromatic heterocycles. The van der Waals surface area contributed by atoms with Gasteiger partial charge in [-0.3, -0.25) is 4.79 Å². The third-order valence-corrected chi connectivity index (χ3v) is 3.14. The predicted octanol–water partition coefficient (Wildman–Crippen LogP) is 3.71. The van der Waals surface area contributed by atoms with Crippen LogP contribution < -0.4 is 4.74 Å². The number of methoxy groups -OCH3 is 1. The Morgan fingerprint density at radius 2 is 1.90 bits per heavy atom. The minimum absolute atomic E-state index is 0.0202. The van der Waals surface area contributed by atoms with Gasteiger partial charge in [-0.05, 0) is 48.4 Å². The summed E-state index contributed by atoms with van der Waals surface area (Å²) < 4.78 is 31.3. The van der Waals surface area contributed by atoms with E-state index in [9.17, 15) is 13.6 Å². The summed E-state index contributed by atoms with van der Waals surface area (Å²) in [5.74, 6) is -1.09. The van der Waals surface area contributed by atoms with Crippen LogP contribution in [0.5, 0.6) is 5.75 Å². The standard InChI is InChI=1S/C16H14F2O2/c1-10-3-5-13(17)7-12(10)8-15(19)11-4-6-14(18)16(9-11)20-2/h3-7,9H,8H2,1-2H3. The number of hydrogen-bond donors (Lipinski definition) is 0. The largest absolute Gasteiger partial charge is 0.494 e. The van der Waals surface area contributed by atoms with Crippen LogP contribution in [0.1, 0.15) is 21.5 Å². The van der Waals surface area contributed by atoms with Crippen molar-refractivity contribution >= 4 is 5.78 Å². The molecule has 0 amide bonds. The highest BCUT2D eigenvalue weighted by Gasteiger charge is 2.12. The summed E-state index contributed by atoms with van der Waals surface area (Å²) in [5.41, 5.74) is 1.80. The predicted molar refractivity (Wildman–Crippen MR) is 72.1 cm³/mol. The van der Waals surface area contributed by atoms with Gasteiger partial charge in [0.1, 0.15) is 5.82 Å². The molecule has 2 rings (SSSR count). The molecular weight excluding hydrogens is 262 g/mol. The van der Waals surface area contributed by atoms with Gasteiger partial charge in [-0.15, -0.1) is 0 Å². The first-order chi connectivity index (χ1) is 9.51. The van der Waals surface area contributed by atoms with Crippen LogP contribution in [0.15, 0.2) is 36.4 Å². The van der Waals surface area contributed by atoms with Crippen molar-refractivity contribution in [2.45, 2.75) is 13.3 Å². The second-order valence-electron chi connectivity index (χ2n) is 4.52.